The number of hydrogen-bond donors (Lipinski definition) is 2. The maximum atomic E-state index is 5.85. The summed E-state index contributed by atoms with van der Waals surface area (Å²) in [5, 5.41) is 6.66. The molecule has 1 aliphatic rings. The van der Waals surface area contributed by atoms with Crippen molar-refractivity contribution in [3.63, 3.8) is 0 Å². The fourth-order valence-electron chi connectivity index (χ4n) is 2.02. The van der Waals surface area contributed by atoms with E-state index < -0.39 is 0 Å². The number of hydrogen-bond acceptors (Lipinski definition) is 4. The van der Waals surface area contributed by atoms with Gasteiger partial charge in [0, 0.05) is 11.0 Å². The maximum Gasteiger partial charge on any atom is 0.161 e. The van der Waals surface area contributed by atoms with Gasteiger partial charge in [-0.15, -0.1) is 0 Å². The summed E-state index contributed by atoms with van der Waals surface area (Å²) in [6.07, 6.45) is 1.71. The number of ether oxygens (including phenoxy) is 2. The monoisotopic (exact) mass is 259 g/mol. The molecule has 19 heavy (non-hydrogen) atoms. The zero-order valence-electron chi connectivity index (χ0n) is 11.1. The van der Waals surface area contributed by atoms with Gasteiger partial charge in [0.1, 0.15) is 5.82 Å². The largest absolute Gasteiger partial charge is 0.489 e. The van der Waals surface area contributed by atoms with Crippen LogP contribution in [0.5, 0.6) is 11.5 Å². The van der Waals surface area contributed by atoms with E-state index in [0.717, 1.165) is 22.6 Å². The molecule has 0 spiro atoms. The van der Waals surface area contributed by atoms with Crippen molar-refractivity contribution in [3.8, 4) is 22.6 Å². The highest BCUT2D eigenvalue weighted by molar-refractivity contribution is 5.75. The Labute approximate surface area is 111 Å². The molecule has 0 aliphatic carbocycles. The van der Waals surface area contributed by atoms with Crippen molar-refractivity contribution in [2.75, 3.05) is 18.9 Å². The molecule has 0 amide bonds. The summed E-state index contributed by atoms with van der Waals surface area (Å²) in [5.41, 5.74) is 7.68. The summed E-state index contributed by atoms with van der Waals surface area (Å²) in [4.78, 5) is 0. The smallest absolute Gasteiger partial charge is 0.161 e. The van der Waals surface area contributed by atoms with Crippen molar-refractivity contribution in [1.29, 1.82) is 0 Å². The van der Waals surface area contributed by atoms with Gasteiger partial charge >= 0.3 is 0 Å². The molecule has 0 saturated carbocycles. The van der Waals surface area contributed by atoms with Gasteiger partial charge in [0.2, 0.25) is 0 Å². The predicted octanol–water partition coefficient (Wildman–Crippen LogP) is 2.46. The van der Waals surface area contributed by atoms with Gasteiger partial charge in [0.15, 0.2) is 11.5 Å². The van der Waals surface area contributed by atoms with Crippen LogP contribution in [-0.4, -0.2) is 23.4 Å². The predicted molar refractivity (Wildman–Crippen MR) is 73.2 cm³/mol. The van der Waals surface area contributed by atoms with Gasteiger partial charge in [0.25, 0.3) is 0 Å². The zero-order valence-corrected chi connectivity index (χ0v) is 11.1. The first-order chi connectivity index (χ1) is 9.05. The first-order valence-electron chi connectivity index (χ1n) is 6.24. The molecule has 3 N–H and O–H groups in total. The van der Waals surface area contributed by atoms with Gasteiger partial charge < -0.3 is 15.2 Å². The van der Waals surface area contributed by atoms with Gasteiger partial charge in [-0.1, -0.05) is 19.9 Å². The highest BCUT2D eigenvalue weighted by Crippen LogP contribution is 2.37. The highest BCUT2D eigenvalue weighted by atomic mass is 16.5. The quantitative estimate of drug-likeness (QED) is 0.825. The lowest BCUT2D eigenvalue weighted by atomic mass is 9.97. The molecule has 100 valence electrons. The molecule has 5 nitrogen and oxygen atoms in total. The van der Waals surface area contributed by atoms with Crippen molar-refractivity contribution in [2.24, 2.45) is 5.41 Å². The summed E-state index contributed by atoms with van der Waals surface area (Å²) in [6.45, 7) is 5.51. The molecule has 0 unspecified atom stereocenters. The van der Waals surface area contributed by atoms with Gasteiger partial charge in [-0.05, 0) is 17.7 Å². The van der Waals surface area contributed by atoms with Crippen LogP contribution >= 0.6 is 0 Å². The van der Waals surface area contributed by atoms with E-state index in [4.69, 9.17) is 15.2 Å². The molecule has 2 aromatic rings. The van der Waals surface area contributed by atoms with Crippen molar-refractivity contribution in [3.05, 3.63) is 24.4 Å². The van der Waals surface area contributed by atoms with E-state index in [1.54, 1.807) is 6.20 Å². The lowest BCUT2D eigenvalue weighted by Crippen LogP contribution is -2.26. The average molecular weight is 259 g/mol. The molecular weight excluding hydrogens is 242 g/mol. The SMILES string of the molecule is CC1(C)COc2ccc(-c3cn[nH]c3N)cc2OC1. The fraction of sp³-hybridized carbons (Fsp3) is 0.357. The Bertz CT molecular complexity index is 604. The normalized spacial score (nSPS) is 16.9. The average Bonchev–Trinajstić information content (AvgIpc) is 2.74. The summed E-state index contributed by atoms with van der Waals surface area (Å²) in [6, 6.07) is 5.82. The number of nitrogen functional groups attached to an aromatic ring is 1. The zero-order chi connectivity index (χ0) is 13.5. The van der Waals surface area contributed by atoms with E-state index in [0.29, 0.717) is 19.0 Å². The van der Waals surface area contributed by atoms with E-state index in [1.807, 2.05) is 18.2 Å². The van der Waals surface area contributed by atoms with Crippen molar-refractivity contribution in [2.45, 2.75) is 13.8 Å². The third kappa shape index (κ3) is 2.23. The van der Waals surface area contributed by atoms with Crippen LogP contribution in [0.4, 0.5) is 5.82 Å². The second-order valence-corrected chi connectivity index (χ2v) is 5.60. The minimum absolute atomic E-state index is 0.00779. The van der Waals surface area contributed by atoms with Crippen LogP contribution in [0.25, 0.3) is 11.1 Å². The molecule has 5 heteroatoms. The number of nitrogens with zero attached hydrogens (tertiary/aromatic N) is 1. The number of H-pyrrole nitrogens is 1. The molecule has 1 aromatic carbocycles. The first kappa shape index (κ1) is 11.9. The molecule has 0 bridgehead atoms. The molecular formula is C14H17N3O2. The summed E-state index contributed by atoms with van der Waals surface area (Å²) < 4.78 is 11.6. The third-order valence-electron chi connectivity index (χ3n) is 3.16. The van der Waals surface area contributed by atoms with Gasteiger partial charge in [-0.3, -0.25) is 5.10 Å². The molecule has 1 aromatic heterocycles. The van der Waals surface area contributed by atoms with Crippen molar-refractivity contribution < 1.29 is 9.47 Å². The number of nitrogens with one attached hydrogen (secondary N) is 1. The van der Waals surface area contributed by atoms with Gasteiger partial charge in [0.05, 0.1) is 19.4 Å². The molecule has 0 atom stereocenters. The fourth-order valence-corrected chi connectivity index (χ4v) is 2.02. The molecule has 0 fully saturated rings. The number of rotatable bonds is 1. The first-order valence-corrected chi connectivity index (χ1v) is 6.24. The number of aromatic nitrogens is 2. The Morgan fingerprint density at radius 1 is 1.21 bits per heavy atom. The Hall–Kier alpha value is -2.17. The summed E-state index contributed by atoms with van der Waals surface area (Å²) in [5.74, 6) is 2.08. The molecule has 3 rings (SSSR count). The molecule has 0 radical (unpaired) electrons. The Balaban J connectivity index is 1.97. The van der Waals surface area contributed by atoms with Crippen LogP contribution in [0.15, 0.2) is 24.4 Å². The second-order valence-electron chi connectivity index (χ2n) is 5.60. The maximum absolute atomic E-state index is 5.85. The van der Waals surface area contributed by atoms with Crippen LogP contribution in [0.2, 0.25) is 0 Å². The topological polar surface area (TPSA) is 73.2 Å². The van der Waals surface area contributed by atoms with Crippen LogP contribution in [0.3, 0.4) is 0 Å². The van der Waals surface area contributed by atoms with Gasteiger partial charge in [-0.2, -0.15) is 5.10 Å². The van der Waals surface area contributed by atoms with E-state index in [9.17, 15) is 0 Å². The Kier molecular flexibility index (Phi) is 2.62. The van der Waals surface area contributed by atoms with E-state index in [2.05, 4.69) is 24.0 Å². The summed E-state index contributed by atoms with van der Waals surface area (Å²) >= 11 is 0. The number of anilines is 1. The Morgan fingerprint density at radius 3 is 2.63 bits per heavy atom. The van der Waals surface area contributed by atoms with E-state index in [-0.39, 0.29) is 5.41 Å². The lowest BCUT2D eigenvalue weighted by molar-refractivity contribution is 0.140. The van der Waals surface area contributed by atoms with E-state index >= 15 is 0 Å². The Morgan fingerprint density at radius 2 is 1.95 bits per heavy atom. The number of fused-ring (bicyclic) bond motifs is 1. The van der Waals surface area contributed by atoms with Crippen molar-refractivity contribution >= 4 is 5.82 Å². The van der Waals surface area contributed by atoms with Crippen LogP contribution in [0, 0.1) is 5.41 Å². The standard InChI is InChI=1S/C14H17N3O2/c1-14(2)7-18-11-4-3-9(5-12(11)19-8-14)10-6-16-17-13(10)15/h3-6H,7-8H2,1-2H3,(H3,15,16,17). The second kappa shape index (κ2) is 4.19. The van der Waals surface area contributed by atoms with Gasteiger partial charge in [-0.25, -0.2) is 0 Å². The number of nitrogens with two attached hydrogens (primary N) is 1. The highest BCUT2D eigenvalue weighted by Gasteiger charge is 2.25. The minimum Gasteiger partial charge on any atom is -0.489 e. The minimum atomic E-state index is 0.00779. The van der Waals surface area contributed by atoms with Crippen LogP contribution < -0.4 is 15.2 Å². The van der Waals surface area contributed by atoms with Crippen molar-refractivity contribution in [1.82, 2.24) is 10.2 Å². The molecule has 0 saturated heterocycles. The summed E-state index contributed by atoms with van der Waals surface area (Å²) in [7, 11) is 0. The molecule has 1 aliphatic heterocycles. The van der Waals surface area contributed by atoms with Crippen LogP contribution in [-0.2, 0) is 0 Å². The lowest BCUT2D eigenvalue weighted by Gasteiger charge is -2.19. The molecule has 2 heterocycles. The third-order valence-corrected chi connectivity index (χ3v) is 3.16. The number of benzene rings is 1. The number of aromatic amines is 1. The van der Waals surface area contributed by atoms with Crippen LogP contribution in [0.1, 0.15) is 13.8 Å². The van der Waals surface area contributed by atoms with E-state index in [1.165, 1.54) is 0 Å².